The van der Waals surface area contributed by atoms with Crippen LogP contribution in [-0.4, -0.2) is 37.9 Å². The molecule has 2 aromatic rings. The van der Waals surface area contributed by atoms with E-state index in [4.69, 9.17) is 10.9 Å². The van der Waals surface area contributed by atoms with Crippen LogP contribution in [0.5, 0.6) is 0 Å². The van der Waals surface area contributed by atoms with E-state index < -0.39 is 0 Å². The average Bonchev–Trinajstić information content (AvgIpc) is 2.87. The lowest BCUT2D eigenvalue weighted by Gasteiger charge is -2.39. The number of carbonyl (C=O) groups is 1. The molecule has 0 unspecified atom stereocenters. The molecule has 3 heterocycles. The molecule has 1 atom stereocenters. The molecule has 2 aliphatic rings. The average molecular weight is 283 g/mol. The van der Waals surface area contributed by atoms with Gasteiger partial charge in [0.1, 0.15) is 12.0 Å². The van der Waals surface area contributed by atoms with Gasteiger partial charge in [-0.25, -0.2) is 4.98 Å². The Hall–Kier alpha value is -2.83. The molecule has 0 radical (unpaired) electrons. The molecule has 1 aromatic heterocycles. The molecule has 21 heavy (non-hydrogen) atoms. The van der Waals surface area contributed by atoms with Crippen LogP contribution in [0.4, 0.5) is 0 Å². The standard InChI is InChI=1S/C14H13N5O2/c15-13(17-21)11-12-10-5-6-18(10)14(20)8-3-1-2-4-9(8)19(12)7-16-11/h1-4,7,10,21H,5-6H2,(H2,15,17)/t10-/m0/s1. The number of imidazole rings is 1. The highest BCUT2D eigenvalue weighted by molar-refractivity contribution is 6.01. The third-order valence-electron chi connectivity index (χ3n) is 4.14. The van der Waals surface area contributed by atoms with Crippen molar-refractivity contribution in [3.8, 4) is 5.69 Å². The van der Waals surface area contributed by atoms with Crippen LogP contribution >= 0.6 is 0 Å². The second-order valence-electron chi connectivity index (χ2n) is 5.15. The van der Waals surface area contributed by atoms with Gasteiger partial charge in [-0.1, -0.05) is 17.3 Å². The summed E-state index contributed by atoms with van der Waals surface area (Å²) in [5, 5.41) is 12.0. The maximum absolute atomic E-state index is 12.6. The summed E-state index contributed by atoms with van der Waals surface area (Å²) in [7, 11) is 0. The number of aromatic nitrogens is 2. The Kier molecular flexibility index (Phi) is 2.32. The molecule has 0 aliphatic carbocycles. The van der Waals surface area contributed by atoms with E-state index in [1.807, 2.05) is 28.8 Å². The molecule has 7 nitrogen and oxygen atoms in total. The highest BCUT2D eigenvalue weighted by Crippen LogP contribution is 2.40. The maximum atomic E-state index is 12.6. The number of rotatable bonds is 1. The molecule has 7 heteroatoms. The maximum Gasteiger partial charge on any atom is 0.256 e. The molecule has 4 rings (SSSR count). The van der Waals surface area contributed by atoms with E-state index in [2.05, 4.69) is 10.1 Å². The van der Waals surface area contributed by atoms with Crippen molar-refractivity contribution in [3.63, 3.8) is 0 Å². The number of hydrogen-bond donors (Lipinski definition) is 2. The fourth-order valence-corrected chi connectivity index (χ4v) is 3.05. The van der Waals surface area contributed by atoms with Crippen LogP contribution in [0.2, 0.25) is 0 Å². The fraction of sp³-hybridized carbons (Fsp3) is 0.214. The first kappa shape index (κ1) is 12.0. The first-order chi connectivity index (χ1) is 10.2. The number of para-hydroxylation sites is 1. The number of hydrogen-bond acceptors (Lipinski definition) is 4. The Bertz CT molecular complexity index is 779. The van der Waals surface area contributed by atoms with Crippen molar-refractivity contribution in [1.29, 1.82) is 0 Å². The van der Waals surface area contributed by atoms with Gasteiger partial charge < -0.3 is 15.8 Å². The normalized spacial score (nSPS) is 20.2. The quantitative estimate of drug-likeness (QED) is 0.351. The van der Waals surface area contributed by atoms with Gasteiger partial charge in [0.2, 0.25) is 0 Å². The Morgan fingerprint density at radius 2 is 2.24 bits per heavy atom. The summed E-state index contributed by atoms with van der Waals surface area (Å²) in [6.07, 6.45) is 2.47. The predicted octanol–water partition coefficient (Wildman–Crippen LogP) is 0.867. The SMILES string of the molecule is NC(=NO)c1ncn2c1[C@@H]1CCN1C(=O)c1ccccc1-2. The summed E-state index contributed by atoms with van der Waals surface area (Å²) in [5.41, 5.74) is 8.37. The minimum absolute atomic E-state index is 0.0102. The second kappa shape index (κ2) is 4.08. The summed E-state index contributed by atoms with van der Waals surface area (Å²) >= 11 is 0. The molecule has 1 amide bonds. The van der Waals surface area contributed by atoms with Crippen LogP contribution in [0.1, 0.15) is 34.2 Å². The third-order valence-corrected chi connectivity index (χ3v) is 4.14. The number of nitrogens with zero attached hydrogens (tertiary/aromatic N) is 4. The predicted molar refractivity (Wildman–Crippen MR) is 74.5 cm³/mol. The third kappa shape index (κ3) is 1.45. The van der Waals surface area contributed by atoms with Crippen molar-refractivity contribution in [2.45, 2.75) is 12.5 Å². The topological polar surface area (TPSA) is 96.7 Å². The largest absolute Gasteiger partial charge is 0.409 e. The molecular formula is C14H13N5O2. The summed E-state index contributed by atoms with van der Waals surface area (Å²) < 4.78 is 1.87. The van der Waals surface area contributed by atoms with E-state index in [0.29, 0.717) is 17.8 Å². The number of amides is 1. The summed E-state index contributed by atoms with van der Waals surface area (Å²) in [6, 6.07) is 7.33. The molecule has 3 N–H and O–H groups in total. The van der Waals surface area contributed by atoms with Crippen molar-refractivity contribution < 1.29 is 10.0 Å². The van der Waals surface area contributed by atoms with Crippen LogP contribution in [0.15, 0.2) is 35.7 Å². The Balaban J connectivity index is 2.03. The van der Waals surface area contributed by atoms with E-state index >= 15 is 0 Å². The smallest absolute Gasteiger partial charge is 0.256 e. The summed E-state index contributed by atoms with van der Waals surface area (Å²) in [5.74, 6) is -0.0292. The number of fused-ring (bicyclic) bond motifs is 5. The second-order valence-corrected chi connectivity index (χ2v) is 5.15. The van der Waals surface area contributed by atoms with Crippen LogP contribution in [-0.2, 0) is 0 Å². The molecule has 0 spiro atoms. The monoisotopic (exact) mass is 283 g/mol. The minimum Gasteiger partial charge on any atom is -0.409 e. The number of carbonyl (C=O) groups excluding carboxylic acids is 1. The lowest BCUT2D eigenvalue weighted by Crippen LogP contribution is -2.45. The van der Waals surface area contributed by atoms with Gasteiger partial charge in [0.25, 0.3) is 5.91 Å². The van der Waals surface area contributed by atoms with Crippen molar-refractivity contribution in [2.75, 3.05) is 6.54 Å². The zero-order valence-electron chi connectivity index (χ0n) is 11.1. The van der Waals surface area contributed by atoms with Gasteiger partial charge in [-0.05, 0) is 18.6 Å². The number of amidine groups is 1. The molecule has 1 aromatic carbocycles. The van der Waals surface area contributed by atoms with Gasteiger partial charge >= 0.3 is 0 Å². The van der Waals surface area contributed by atoms with Crippen LogP contribution in [0.25, 0.3) is 5.69 Å². The van der Waals surface area contributed by atoms with E-state index in [-0.39, 0.29) is 17.8 Å². The van der Waals surface area contributed by atoms with E-state index in [0.717, 1.165) is 17.8 Å². The molecule has 0 saturated carbocycles. The van der Waals surface area contributed by atoms with E-state index in [1.54, 1.807) is 11.2 Å². The van der Waals surface area contributed by atoms with Gasteiger partial charge in [0.05, 0.1) is 23.0 Å². The van der Waals surface area contributed by atoms with Crippen molar-refractivity contribution in [2.24, 2.45) is 10.9 Å². The fourth-order valence-electron chi connectivity index (χ4n) is 3.05. The first-order valence-electron chi connectivity index (χ1n) is 6.68. The molecule has 1 saturated heterocycles. The lowest BCUT2D eigenvalue weighted by molar-refractivity contribution is 0.0460. The molecule has 2 aliphatic heterocycles. The Morgan fingerprint density at radius 1 is 1.43 bits per heavy atom. The van der Waals surface area contributed by atoms with Gasteiger partial charge in [-0.3, -0.25) is 9.36 Å². The summed E-state index contributed by atoms with van der Waals surface area (Å²) in [6.45, 7) is 0.707. The highest BCUT2D eigenvalue weighted by Gasteiger charge is 2.41. The van der Waals surface area contributed by atoms with Gasteiger partial charge in [0, 0.05) is 6.54 Å². The van der Waals surface area contributed by atoms with Crippen LogP contribution in [0, 0.1) is 0 Å². The molecule has 106 valence electrons. The van der Waals surface area contributed by atoms with E-state index in [9.17, 15) is 4.79 Å². The Morgan fingerprint density at radius 3 is 2.95 bits per heavy atom. The number of nitrogens with two attached hydrogens (primary N) is 1. The van der Waals surface area contributed by atoms with Crippen molar-refractivity contribution in [1.82, 2.24) is 14.5 Å². The number of benzene rings is 1. The first-order valence-corrected chi connectivity index (χ1v) is 6.68. The number of oxime groups is 1. The zero-order valence-corrected chi connectivity index (χ0v) is 11.1. The van der Waals surface area contributed by atoms with Gasteiger partial charge in [-0.15, -0.1) is 0 Å². The molecular weight excluding hydrogens is 270 g/mol. The van der Waals surface area contributed by atoms with Crippen molar-refractivity contribution >= 4 is 11.7 Å². The van der Waals surface area contributed by atoms with E-state index in [1.165, 1.54) is 0 Å². The lowest BCUT2D eigenvalue weighted by atomic mass is 9.97. The zero-order chi connectivity index (χ0) is 14.6. The molecule has 1 fully saturated rings. The summed E-state index contributed by atoms with van der Waals surface area (Å²) in [4.78, 5) is 18.7. The van der Waals surface area contributed by atoms with Crippen LogP contribution in [0.3, 0.4) is 0 Å². The van der Waals surface area contributed by atoms with Gasteiger partial charge in [0.15, 0.2) is 5.84 Å². The minimum atomic E-state index is -0.0808. The highest BCUT2D eigenvalue weighted by atomic mass is 16.4. The molecule has 0 bridgehead atoms. The Labute approximate surface area is 120 Å². The van der Waals surface area contributed by atoms with Crippen molar-refractivity contribution in [3.05, 3.63) is 47.5 Å². The van der Waals surface area contributed by atoms with Crippen LogP contribution < -0.4 is 5.73 Å². The van der Waals surface area contributed by atoms with Gasteiger partial charge in [-0.2, -0.15) is 0 Å².